The Hall–Kier alpha value is -2.41. The molecule has 144 valence electrons. The summed E-state index contributed by atoms with van der Waals surface area (Å²) >= 11 is 1.77. The fourth-order valence-corrected chi connectivity index (χ4v) is 5.10. The van der Waals surface area contributed by atoms with E-state index in [4.69, 9.17) is 9.72 Å². The van der Waals surface area contributed by atoms with Crippen molar-refractivity contribution in [1.82, 2.24) is 19.6 Å². The number of imidazole rings is 1. The van der Waals surface area contributed by atoms with Crippen LogP contribution in [0.3, 0.4) is 0 Å². The summed E-state index contributed by atoms with van der Waals surface area (Å²) in [7, 11) is 1.71. The number of nitrogens with one attached hydrogen (secondary N) is 1. The molecule has 1 saturated heterocycles. The summed E-state index contributed by atoms with van der Waals surface area (Å²) in [4.78, 5) is 8.65. The van der Waals surface area contributed by atoms with E-state index in [1.165, 1.54) is 21.5 Å². The molecule has 1 aliphatic heterocycles. The van der Waals surface area contributed by atoms with Crippen molar-refractivity contribution in [3.8, 4) is 17.0 Å². The van der Waals surface area contributed by atoms with Gasteiger partial charge in [-0.3, -0.25) is 9.30 Å². The largest absolute Gasteiger partial charge is 0.497 e. The van der Waals surface area contributed by atoms with Gasteiger partial charge in [0.2, 0.25) is 0 Å². The van der Waals surface area contributed by atoms with E-state index >= 15 is 0 Å². The van der Waals surface area contributed by atoms with Crippen LogP contribution in [0, 0.1) is 6.92 Å². The molecular weight excluding hydrogens is 368 g/mol. The molecule has 0 spiro atoms. The van der Waals surface area contributed by atoms with Crippen molar-refractivity contribution in [2.45, 2.75) is 13.5 Å². The molecule has 0 saturated carbocycles. The topological polar surface area (TPSA) is 41.8 Å². The number of aryl methyl sites for hydroxylation is 1. The molecule has 0 atom stereocenters. The van der Waals surface area contributed by atoms with Gasteiger partial charge < -0.3 is 10.1 Å². The molecule has 2 aromatic carbocycles. The van der Waals surface area contributed by atoms with E-state index in [1.54, 1.807) is 18.4 Å². The Balaban J connectivity index is 1.70. The minimum atomic E-state index is 0.863. The Bertz CT molecular complexity index is 1140. The van der Waals surface area contributed by atoms with E-state index in [1.807, 2.05) is 12.1 Å². The van der Waals surface area contributed by atoms with Crippen molar-refractivity contribution < 1.29 is 4.74 Å². The quantitative estimate of drug-likeness (QED) is 0.571. The number of ether oxygens (including phenoxy) is 1. The van der Waals surface area contributed by atoms with Gasteiger partial charge in [0.1, 0.15) is 5.75 Å². The minimum Gasteiger partial charge on any atom is -0.497 e. The highest BCUT2D eigenvalue weighted by molar-refractivity contribution is 7.23. The normalized spacial score (nSPS) is 15.5. The summed E-state index contributed by atoms with van der Waals surface area (Å²) in [5, 5.41) is 3.45. The molecule has 2 aromatic heterocycles. The van der Waals surface area contributed by atoms with Crippen LogP contribution < -0.4 is 10.1 Å². The number of hydrogen-bond acceptors (Lipinski definition) is 5. The summed E-state index contributed by atoms with van der Waals surface area (Å²) in [5.74, 6) is 0.863. The Morgan fingerprint density at radius 1 is 1.14 bits per heavy atom. The average molecular weight is 393 g/mol. The van der Waals surface area contributed by atoms with Gasteiger partial charge in [-0.2, -0.15) is 0 Å². The van der Waals surface area contributed by atoms with Gasteiger partial charge in [0, 0.05) is 38.3 Å². The van der Waals surface area contributed by atoms with Crippen LogP contribution >= 0.6 is 11.3 Å². The van der Waals surface area contributed by atoms with Gasteiger partial charge in [0.15, 0.2) is 4.96 Å². The SMILES string of the molecule is COc1cccc(-c2nc3sc4cc(C)ccc4n3c2CN2CCNCC2)c1. The van der Waals surface area contributed by atoms with Gasteiger partial charge in [0.05, 0.1) is 28.7 Å². The second-order valence-electron chi connectivity index (χ2n) is 7.36. The van der Waals surface area contributed by atoms with Crippen LogP contribution in [-0.2, 0) is 6.54 Å². The Labute approximate surface area is 168 Å². The summed E-state index contributed by atoms with van der Waals surface area (Å²) < 4.78 is 9.10. The minimum absolute atomic E-state index is 0.863. The molecule has 4 aromatic rings. The maximum absolute atomic E-state index is 5.45. The van der Waals surface area contributed by atoms with E-state index in [0.29, 0.717) is 0 Å². The van der Waals surface area contributed by atoms with Crippen LogP contribution in [0.4, 0.5) is 0 Å². The van der Waals surface area contributed by atoms with Gasteiger partial charge in [-0.25, -0.2) is 4.98 Å². The van der Waals surface area contributed by atoms with E-state index in [0.717, 1.165) is 54.7 Å². The zero-order valence-corrected chi connectivity index (χ0v) is 17.1. The molecule has 1 N–H and O–H groups in total. The molecular formula is C22H24N4OS. The van der Waals surface area contributed by atoms with Crippen LogP contribution in [0.2, 0.25) is 0 Å². The smallest absolute Gasteiger partial charge is 0.195 e. The van der Waals surface area contributed by atoms with Crippen LogP contribution in [-0.4, -0.2) is 47.6 Å². The molecule has 6 heteroatoms. The van der Waals surface area contributed by atoms with Crippen molar-refractivity contribution in [1.29, 1.82) is 0 Å². The molecule has 5 nitrogen and oxygen atoms in total. The maximum Gasteiger partial charge on any atom is 0.195 e. The fourth-order valence-electron chi connectivity index (χ4n) is 3.96. The first kappa shape index (κ1) is 17.7. The van der Waals surface area contributed by atoms with Crippen molar-refractivity contribution in [2.24, 2.45) is 0 Å². The molecule has 1 fully saturated rings. The average Bonchev–Trinajstić information content (AvgIpc) is 3.25. The van der Waals surface area contributed by atoms with E-state index in [-0.39, 0.29) is 0 Å². The Kier molecular flexibility index (Phi) is 4.55. The molecule has 5 rings (SSSR count). The molecule has 3 heterocycles. The van der Waals surface area contributed by atoms with Gasteiger partial charge in [0.25, 0.3) is 0 Å². The predicted octanol–water partition coefficient (Wildman–Crippen LogP) is 3.94. The number of aromatic nitrogens is 2. The summed E-state index contributed by atoms with van der Waals surface area (Å²) in [6, 6.07) is 14.9. The number of nitrogens with zero attached hydrogens (tertiary/aromatic N) is 3. The highest BCUT2D eigenvalue weighted by atomic mass is 32.1. The van der Waals surface area contributed by atoms with E-state index < -0.39 is 0 Å². The van der Waals surface area contributed by atoms with E-state index in [2.05, 4.69) is 51.9 Å². The van der Waals surface area contributed by atoms with Crippen molar-refractivity contribution in [3.63, 3.8) is 0 Å². The molecule has 0 aliphatic carbocycles. The monoisotopic (exact) mass is 392 g/mol. The number of methoxy groups -OCH3 is 1. The lowest BCUT2D eigenvalue weighted by atomic mass is 10.1. The number of rotatable bonds is 4. The third-order valence-electron chi connectivity index (χ3n) is 5.43. The van der Waals surface area contributed by atoms with Crippen molar-refractivity contribution in [3.05, 3.63) is 53.7 Å². The second kappa shape index (κ2) is 7.20. The third kappa shape index (κ3) is 3.07. The summed E-state index contributed by atoms with van der Waals surface area (Å²) in [5.41, 5.74) is 5.97. The standard InChI is InChI=1S/C22H24N4OS/c1-15-6-7-18-20(12-15)28-22-24-21(16-4-3-5-17(13-16)27-2)19(26(18)22)14-25-10-8-23-9-11-25/h3-7,12-13,23H,8-11,14H2,1-2H3. The molecule has 1 aliphatic rings. The molecule has 28 heavy (non-hydrogen) atoms. The second-order valence-corrected chi connectivity index (χ2v) is 8.37. The number of piperazine rings is 1. The number of benzene rings is 2. The van der Waals surface area contributed by atoms with Gasteiger partial charge in [-0.1, -0.05) is 29.5 Å². The first-order valence-electron chi connectivity index (χ1n) is 9.71. The highest BCUT2D eigenvalue weighted by Gasteiger charge is 2.21. The van der Waals surface area contributed by atoms with E-state index in [9.17, 15) is 0 Å². The first-order valence-corrected chi connectivity index (χ1v) is 10.5. The summed E-state index contributed by atoms with van der Waals surface area (Å²) in [6.45, 7) is 7.25. The molecule has 0 unspecified atom stereocenters. The molecule has 0 bridgehead atoms. The first-order chi connectivity index (χ1) is 13.7. The Morgan fingerprint density at radius 3 is 2.82 bits per heavy atom. The molecule has 0 amide bonds. The van der Waals surface area contributed by atoms with Gasteiger partial charge >= 0.3 is 0 Å². The third-order valence-corrected chi connectivity index (χ3v) is 6.43. The zero-order chi connectivity index (χ0) is 19.1. The van der Waals surface area contributed by atoms with Crippen LogP contribution in [0.25, 0.3) is 26.4 Å². The van der Waals surface area contributed by atoms with Gasteiger partial charge in [-0.15, -0.1) is 0 Å². The Morgan fingerprint density at radius 2 is 2.00 bits per heavy atom. The van der Waals surface area contributed by atoms with Crippen molar-refractivity contribution >= 4 is 26.5 Å². The maximum atomic E-state index is 5.45. The lowest BCUT2D eigenvalue weighted by molar-refractivity contribution is 0.231. The fraction of sp³-hybridized carbons (Fsp3) is 0.318. The number of fused-ring (bicyclic) bond motifs is 3. The molecule has 0 radical (unpaired) electrons. The lowest BCUT2D eigenvalue weighted by Crippen LogP contribution is -2.43. The van der Waals surface area contributed by atoms with Crippen molar-refractivity contribution in [2.75, 3.05) is 33.3 Å². The highest BCUT2D eigenvalue weighted by Crippen LogP contribution is 2.35. The lowest BCUT2D eigenvalue weighted by Gasteiger charge is -2.27. The predicted molar refractivity (Wildman–Crippen MR) is 115 cm³/mol. The summed E-state index contributed by atoms with van der Waals surface area (Å²) in [6.07, 6.45) is 0. The van der Waals surface area contributed by atoms with Gasteiger partial charge in [-0.05, 0) is 36.8 Å². The number of thiazole rings is 1. The number of hydrogen-bond donors (Lipinski definition) is 1. The van der Waals surface area contributed by atoms with Crippen LogP contribution in [0.1, 0.15) is 11.3 Å². The zero-order valence-electron chi connectivity index (χ0n) is 16.2. The van der Waals surface area contributed by atoms with Crippen LogP contribution in [0.15, 0.2) is 42.5 Å². The van der Waals surface area contributed by atoms with Crippen LogP contribution in [0.5, 0.6) is 5.75 Å².